The highest BCUT2D eigenvalue weighted by atomic mass is 79.9. The van der Waals surface area contributed by atoms with Gasteiger partial charge in [0.2, 0.25) is 0 Å². The van der Waals surface area contributed by atoms with Crippen molar-refractivity contribution in [3.63, 3.8) is 0 Å². The molecule has 1 amide bonds. The lowest BCUT2D eigenvalue weighted by Crippen LogP contribution is -2.49. The predicted octanol–water partition coefficient (Wildman–Crippen LogP) is 2.64. The Bertz CT molecular complexity index is 720. The molecule has 2 aliphatic rings. The van der Waals surface area contributed by atoms with Gasteiger partial charge in [-0.3, -0.25) is 4.79 Å². The fourth-order valence-corrected chi connectivity index (χ4v) is 5.30. The minimum Gasteiger partial charge on any atom is -0.497 e. The molecule has 2 atom stereocenters. The number of nitrogens with zero attached hydrogens (tertiary/aromatic N) is 1. The van der Waals surface area contributed by atoms with E-state index in [0.717, 1.165) is 17.3 Å². The molecule has 0 unspecified atom stereocenters. The van der Waals surface area contributed by atoms with Crippen LogP contribution < -0.4 is 4.74 Å². The van der Waals surface area contributed by atoms with Crippen molar-refractivity contribution in [2.24, 2.45) is 0 Å². The minimum atomic E-state index is -3.05. The summed E-state index contributed by atoms with van der Waals surface area (Å²) in [6, 6.07) is 5.36. The quantitative estimate of drug-likeness (QED) is 0.780. The molecule has 2 bridgehead atoms. The first-order valence-electron chi connectivity index (χ1n) is 7.66. The van der Waals surface area contributed by atoms with Crippen molar-refractivity contribution in [3.8, 4) is 5.75 Å². The van der Waals surface area contributed by atoms with Gasteiger partial charge in [-0.2, -0.15) is 0 Å². The lowest BCUT2D eigenvalue weighted by atomic mass is 10.0. The summed E-state index contributed by atoms with van der Waals surface area (Å²) in [5.41, 5.74) is 0.569. The van der Waals surface area contributed by atoms with E-state index in [1.165, 1.54) is 6.26 Å². The second-order valence-corrected chi connectivity index (χ2v) is 9.55. The number of carbonyl (C=O) groups excluding carboxylic acids is 1. The van der Waals surface area contributed by atoms with Gasteiger partial charge in [0.25, 0.3) is 5.91 Å². The summed E-state index contributed by atoms with van der Waals surface area (Å²) in [5, 5.41) is -0.321. The van der Waals surface area contributed by atoms with E-state index in [4.69, 9.17) is 4.74 Å². The Morgan fingerprint density at radius 3 is 2.39 bits per heavy atom. The maximum absolute atomic E-state index is 13.0. The normalized spacial score (nSPS) is 27.1. The lowest BCUT2D eigenvalue weighted by Gasteiger charge is -2.38. The zero-order valence-electron chi connectivity index (χ0n) is 13.2. The van der Waals surface area contributed by atoms with Crippen LogP contribution in [0, 0.1) is 0 Å². The molecule has 3 rings (SSSR count). The summed E-state index contributed by atoms with van der Waals surface area (Å²) in [7, 11) is -1.48. The van der Waals surface area contributed by atoms with Crippen LogP contribution in [-0.4, -0.2) is 49.9 Å². The standard InChI is InChI=1S/C16H20BrNO4S/c1-22-12-5-6-15(17)14(9-12)16(19)18-10-3-4-11(18)8-13(7-10)23(2,20)21/h5-6,9-11,13H,3-4,7-8H2,1-2H3/t10-,11-/m0/s1. The maximum Gasteiger partial charge on any atom is 0.255 e. The highest BCUT2D eigenvalue weighted by molar-refractivity contribution is 9.10. The lowest BCUT2D eigenvalue weighted by molar-refractivity contribution is 0.0597. The van der Waals surface area contributed by atoms with Gasteiger partial charge in [-0.05, 0) is 59.8 Å². The first-order valence-corrected chi connectivity index (χ1v) is 10.4. The number of piperidine rings is 1. The Kier molecular flexibility index (Phi) is 4.44. The molecule has 5 nitrogen and oxygen atoms in total. The molecule has 1 aromatic rings. The third kappa shape index (κ3) is 3.13. The summed E-state index contributed by atoms with van der Waals surface area (Å²) >= 11 is 3.43. The average molecular weight is 402 g/mol. The number of ether oxygens (including phenoxy) is 1. The largest absolute Gasteiger partial charge is 0.497 e. The third-order valence-corrected chi connectivity index (χ3v) is 7.22. The molecule has 7 heteroatoms. The monoisotopic (exact) mass is 401 g/mol. The van der Waals surface area contributed by atoms with Crippen molar-refractivity contribution in [1.82, 2.24) is 4.90 Å². The molecule has 2 heterocycles. The highest BCUT2D eigenvalue weighted by Gasteiger charge is 2.46. The first kappa shape index (κ1) is 16.8. The van der Waals surface area contributed by atoms with Crippen LogP contribution in [0.3, 0.4) is 0 Å². The molecule has 0 aliphatic carbocycles. The second-order valence-electron chi connectivity index (χ2n) is 6.37. The number of benzene rings is 1. The Hall–Kier alpha value is -1.08. The van der Waals surface area contributed by atoms with Gasteiger partial charge < -0.3 is 9.64 Å². The van der Waals surface area contributed by atoms with Crippen molar-refractivity contribution in [2.45, 2.75) is 43.0 Å². The Balaban J connectivity index is 1.88. The van der Waals surface area contributed by atoms with E-state index >= 15 is 0 Å². The van der Waals surface area contributed by atoms with E-state index in [-0.39, 0.29) is 23.2 Å². The van der Waals surface area contributed by atoms with E-state index in [0.29, 0.717) is 24.2 Å². The SMILES string of the molecule is COc1ccc(Br)c(C(=O)N2[C@H]3CC[C@H]2CC(S(C)(=O)=O)C3)c1. The van der Waals surface area contributed by atoms with Gasteiger partial charge in [-0.1, -0.05) is 0 Å². The Morgan fingerprint density at radius 2 is 1.87 bits per heavy atom. The van der Waals surface area contributed by atoms with Crippen LogP contribution in [0.4, 0.5) is 0 Å². The fourth-order valence-electron chi connectivity index (χ4n) is 3.74. The van der Waals surface area contributed by atoms with E-state index in [9.17, 15) is 13.2 Å². The maximum atomic E-state index is 13.0. The van der Waals surface area contributed by atoms with Crippen molar-refractivity contribution in [3.05, 3.63) is 28.2 Å². The molecule has 2 aliphatic heterocycles. The molecular weight excluding hydrogens is 382 g/mol. The van der Waals surface area contributed by atoms with Crippen molar-refractivity contribution in [1.29, 1.82) is 0 Å². The van der Waals surface area contributed by atoms with Crippen LogP contribution in [0.2, 0.25) is 0 Å². The van der Waals surface area contributed by atoms with Crippen LogP contribution >= 0.6 is 15.9 Å². The molecule has 23 heavy (non-hydrogen) atoms. The number of amides is 1. The smallest absolute Gasteiger partial charge is 0.255 e. The summed E-state index contributed by atoms with van der Waals surface area (Å²) in [6.07, 6.45) is 4.15. The van der Waals surface area contributed by atoms with Crippen molar-refractivity contribution in [2.75, 3.05) is 13.4 Å². The minimum absolute atomic E-state index is 0.0130. The van der Waals surface area contributed by atoms with Crippen LogP contribution in [0.5, 0.6) is 5.75 Å². The second kappa shape index (κ2) is 6.09. The van der Waals surface area contributed by atoms with Crippen molar-refractivity contribution >= 4 is 31.7 Å². The van der Waals surface area contributed by atoms with Crippen LogP contribution in [0.15, 0.2) is 22.7 Å². The van der Waals surface area contributed by atoms with Crippen LogP contribution in [0.25, 0.3) is 0 Å². The van der Waals surface area contributed by atoms with E-state index in [2.05, 4.69) is 15.9 Å². The van der Waals surface area contributed by atoms with E-state index < -0.39 is 9.84 Å². The summed E-state index contributed by atoms with van der Waals surface area (Å²) in [5.74, 6) is 0.588. The highest BCUT2D eigenvalue weighted by Crippen LogP contribution is 2.39. The van der Waals surface area contributed by atoms with Gasteiger partial charge in [-0.15, -0.1) is 0 Å². The van der Waals surface area contributed by atoms with E-state index in [1.807, 2.05) is 4.90 Å². The fraction of sp³-hybridized carbons (Fsp3) is 0.562. The number of hydrogen-bond donors (Lipinski definition) is 0. The molecular formula is C16H20BrNO4S. The van der Waals surface area contributed by atoms with Gasteiger partial charge in [-0.25, -0.2) is 8.42 Å². The van der Waals surface area contributed by atoms with Crippen LogP contribution in [-0.2, 0) is 9.84 Å². The molecule has 126 valence electrons. The number of rotatable bonds is 3. The molecule has 2 saturated heterocycles. The van der Waals surface area contributed by atoms with Crippen molar-refractivity contribution < 1.29 is 17.9 Å². The third-order valence-electron chi connectivity index (χ3n) is 4.93. The number of hydrogen-bond acceptors (Lipinski definition) is 4. The number of halogens is 1. The number of fused-ring (bicyclic) bond motifs is 2. The number of carbonyl (C=O) groups is 1. The zero-order chi connectivity index (χ0) is 16.8. The number of methoxy groups -OCH3 is 1. The van der Waals surface area contributed by atoms with Gasteiger partial charge in [0.15, 0.2) is 0 Å². The molecule has 1 aromatic carbocycles. The summed E-state index contributed by atoms with van der Waals surface area (Å²) in [4.78, 5) is 14.9. The molecule has 2 fully saturated rings. The van der Waals surface area contributed by atoms with Crippen LogP contribution in [0.1, 0.15) is 36.0 Å². The molecule has 0 radical (unpaired) electrons. The van der Waals surface area contributed by atoms with Gasteiger partial charge >= 0.3 is 0 Å². The molecule has 0 saturated carbocycles. The predicted molar refractivity (Wildman–Crippen MR) is 91.5 cm³/mol. The number of sulfone groups is 1. The summed E-state index contributed by atoms with van der Waals surface area (Å²) in [6.45, 7) is 0. The Labute approximate surface area is 145 Å². The molecule has 0 aromatic heterocycles. The van der Waals surface area contributed by atoms with E-state index in [1.54, 1.807) is 25.3 Å². The topological polar surface area (TPSA) is 63.7 Å². The summed E-state index contributed by atoms with van der Waals surface area (Å²) < 4.78 is 29.7. The zero-order valence-corrected chi connectivity index (χ0v) is 15.6. The molecule has 0 N–H and O–H groups in total. The first-order chi connectivity index (χ1) is 10.8. The average Bonchev–Trinajstić information content (AvgIpc) is 2.75. The Morgan fingerprint density at radius 1 is 1.26 bits per heavy atom. The van der Waals surface area contributed by atoms with Gasteiger partial charge in [0.1, 0.15) is 15.6 Å². The van der Waals surface area contributed by atoms with Gasteiger partial charge in [0, 0.05) is 22.8 Å². The van der Waals surface area contributed by atoms with Gasteiger partial charge in [0.05, 0.1) is 17.9 Å². The molecule has 0 spiro atoms.